The number of nitrogens with one attached hydrogen (secondary N) is 3. The predicted octanol–water partition coefficient (Wildman–Crippen LogP) is 2.09. The first-order valence-corrected chi connectivity index (χ1v) is 4.28. The third-order valence-electron chi connectivity index (χ3n) is 1.22. The van der Waals surface area contributed by atoms with E-state index in [9.17, 15) is 0 Å². The minimum absolute atomic E-state index is 0. The summed E-state index contributed by atoms with van der Waals surface area (Å²) in [6.45, 7) is 0. The van der Waals surface area contributed by atoms with Gasteiger partial charge >= 0.3 is 0 Å². The zero-order chi connectivity index (χ0) is 10.6. The zero-order valence-electron chi connectivity index (χ0n) is 8.49. The van der Waals surface area contributed by atoms with Crippen molar-refractivity contribution in [3.8, 4) is 0 Å². The summed E-state index contributed by atoms with van der Waals surface area (Å²) in [6, 6.07) is 0. The Morgan fingerprint density at radius 3 is 0.938 bits per heavy atom. The Morgan fingerprint density at radius 2 is 0.875 bits per heavy atom. The van der Waals surface area contributed by atoms with E-state index in [-0.39, 0.29) is 9.90 Å². The molecule has 3 N–H and O–H groups in total. The Labute approximate surface area is 96.6 Å². The fourth-order valence-electron chi connectivity index (χ4n) is 0.645. The minimum atomic E-state index is 0. The van der Waals surface area contributed by atoms with Crippen molar-refractivity contribution in [3.63, 3.8) is 0 Å². The van der Waals surface area contributed by atoms with Gasteiger partial charge in [-0.1, -0.05) is 0 Å². The Morgan fingerprint density at radius 1 is 0.562 bits per heavy atom. The fraction of sp³-hybridized carbons (Fsp3) is 0. The molecule has 16 heavy (non-hydrogen) atoms. The average molecular weight is 235 g/mol. The SMILES string of the molecule is [P].c1c[nH]cn1.c1c[nH]cn1.c1c[nH]cn1. The van der Waals surface area contributed by atoms with Gasteiger partial charge in [0.25, 0.3) is 0 Å². The summed E-state index contributed by atoms with van der Waals surface area (Å²) >= 11 is 0. The van der Waals surface area contributed by atoms with Crippen LogP contribution in [-0.4, -0.2) is 29.9 Å². The van der Waals surface area contributed by atoms with Gasteiger partial charge in [-0.2, -0.15) is 0 Å². The van der Waals surface area contributed by atoms with Gasteiger partial charge in [0, 0.05) is 47.1 Å². The van der Waals surface area contributed by atoms with Gasteiger partial charge in [-0.25, -0.2) is 15.0 Å². The van der Waals surface area contributed by atoms with Crippen LogP contribution in [0.3, 0.4) is 0 Å². The van der Waals surface area contributed by atoms with Crippen molar-refractivity contribution in [2.45, 2.75) is 0 Å². The first-order chi connectivity index (χ1) is 7.50. The summed E-state index contributed by atoms with van der Waals surface area (Å²) < 4.78 is 0. The van der Waals surface area contributed by atoms with Crippen molar-refractivity contribution in [2.75, 3.05) is 0 Å². The molecular weight excluding hydrogens is 223 g/mol. The predicted molar refractivity (Wildman–Crippen MR) is 62.7 cm³/mol. The molecule has 3 heterocycles. The summed E-state index contributed by atoms with van der Waals surface area (Å²) in [4.78, 5) is 19.2. The van der Waals surface area contributed by atoms with Gasteiger partial charge in [0.2, 0.25) is 0 Å². The first-order valence-electron chi connectivity index (χ1n) is 4.28. The molecular formula is C9H12N6P. The molecule has 3 aromatic rings. The Kier molecular flexibility index (Phi) is 9.79. The van der Waals surface area contributed by atoms with E-state index < -0.39 is 0 Å². The van der Waals surface area contributed by atoms with Crippen LogP contribution in [0.4, 0.5) is 0 Å². The van der Waals surface area contributed by atoms with Crippen LogP contribution in [0.15, 0.2) is 56.2 Å². The maximum absolute atomic E-state index is 3.67. The van der Waals surface area contributed by atoms with Crippen LogP contribution in [0, 0.1) is 0 Å². The van der Waals surface area contributed by atoms with E-state index in [4.69, 9.17) is 0 Å². The van der Waals surface area contributed by atoms with Gasteiger partial charge in [-0.3, -0.25) is 0 Å². The summed E-state index contributed by atoms with van der Waals surface area (Å²) in [7, 11) is 0. The summed E-state index contributed by atoms with van der Waals surface area (Å²) in [6.07, 6.45) is 15.2. The van der Waals surface area contributed by atoms with Crippen molar-refractivity contribution >= 4 is 9.90 Å². The number of H-pyrrole nitrogens is 3. The minimum Gasteiger partial charge on any atom is -0.351 e. The lowest BCUT2D eigenvalue weighted by Gasteiger charge is -1.46. The Balaban J connectivity index is 0.000000205. The summed E-state index contributed by atoms with van der Waals surface area (Å²) in [5.74, 6) is 0. The van der Waals surface area contributed by atoms with Crippen molar-refractivity contribution in [1.82, 2.24) is 29.9 Å². The molecule has 7 heteroatoms. The highest BCUT2D eigenvalue weighted by Gasteiger charge is 1.57. The van der Waals surface area contributed by atoms with E-state index in [1.807, 2.05) is 0 Å². The zero-order valence-corrected chi connectivity index (χ0v) is 9.38. The molecule has 0 aliphatic carbocycles. The molecule has 0 fully saturated rings. The van der Waals surface area contributed by atoms with Crippen LogP contribution in [-0.2, 0) is 0 Å². The molecule has 6 nitrogen and oxygen atoms in total. The highest BCUT2D eigenvalue weighted by molar-refractivity contribution is 6.92. The average Bonchev–Trinajstić information content (AvgIpc) is 3.09. The standard InChI is InChI=1S/3C3H4N2.P/c3*1-2-5-3-4-1;/h3*1-3H,(H,4,5);. The van der Waals surface area contributed by atoms with E-state index in [2.05, 4.69) is 29.9 Å². The molecule has 3 radical (unpaired) electrons. The van der Waals surface area contributed by atoms with Crippen LogP contribution < -0.4 is 0 Å². The number of rotatable bonds is 0. The monoisotopic (exact) mass is 235 g/mol. The molecule has 3 rings (SSSR count). The van der Waals surface area contributed by atoms with Crippen molar-refractivity contribution in [1.29, 1.82) is 0 Å². The molecule has 0 saturated heterocycles. The van der Waals surface area contributed by atoms with Crippen LogP contribution in [0.5, 0.6) is 0 Å². The molecule has 0 aliphatic heterocycles. The van der Waals surface area contributed by atoms with Gasteiger partial charge in [-0.05, 0) is 0 Å². The number of imidazole rings is 3. The van der Waals surface area contributed by atoms with E-state index in [0.29, 0.717) is 0 Å². The third kappa shape index (κ3) is 8.65. The van der Waals surface area contributed by atoms with Crippen molar-refractivity contribution in [2.24, 2.45) is 0 Å². The van der Waals surface area contributed by atoms with Gasteiger partial charge in [0.15, 0.2) is 0 Å². The second kappa shape index (κ2) is 11.1. The maximum Gasteiger partial charge on any atom is 0.0919 e. The molecule has 83 valence electrons. The second-order valence-corrected chi connectivity index (χ2v) is 2.28. The number of aromatic nitrogens is 6. The van der Waals surface area contributed by atoms with E-state index in [1.54, 1.807) is 56.2 Å². The third-order valence-corrected chi connectivity index (χ3v) is 1.22. The molecule has 0 unspecified atom stereocenters. The van der Waals surface area contributed by atoms with Crippen molar-refractivity contribution in [3.05, 3.63) is 56.2 Å². The lowest BCUT2D eigenvalue weighted by atomic mass is 11.0. The lowest BCUT2D eigenvalue weighted by Crippen LogP contribution is -1.44. The number of hydrogen-bond acceptors (Lipinski definition) is 3. The quantitative estimate of drug-likeness (QED) is 0.521. The van der Waals surface area contributed by atoms with E-state index in [1.165, 1.54) is 0 Å². The lowest BCUT2D eigenvalue weighted by molar-refractivity contribution is 1.31. The molecule has 0 bridgehead atoms. The molecule has 0 aliphatic rings. The molecule has 0 atom stereocenters. The number of nitrogens with zero attached hydrogens (tertiary/aromatic N) is 3. The molecule has 0 saturated carbocycles. The number of hydrogen-bond donors (Lipinski definition) is 3. The van der Waals surface area contributed by atoms with Crippen LogP contribution in [0.25, 0.3) is 0 Å². The van der Waals surface area contributed by atoms with Gasteiger partial charge < -0.3 is 15.0 Å². The van der Waals surface area contributed by atoms with Crippen LogP contribution in [0.1, 0.15) is 0 Å². The molecule has 0 amide bonds. The number of aromatic amines is 3. The molecule has 0 aromatic carbocycles. The van der Waals surface area contributed by atoms with Gasteiger partial charge in [0.1, 0.15) is 0 Å². The van der Waals surface area contributed by atoms with Crippen LogP contribution >= 0.6 is 9.90 Å². The topological polar surface area (TPSA) is 86.0 Å². The summed E-state index contributed by atoms with van der Waals surface area (Å²) in [5, 5.41) is 0. The normalized spacial score (nSPS) is 7.50. The van der Waals surface area contributed by atoms with Crippen molar-refractivity contribution < 1.29 is 0 Å². The highest BCUT2D eigenvalue weighted by Crippen LogP contribution is 1.63. The summed E-state index contributed by atoms with van der Waals surface area (Å²) in [5.41, 5.74) is 0. The van der Waals surface area contributed by atoms with E-state index >= 15 is 0 Å². The smallest absolute Gasteiger partial charge is 0.0919 e. The highest BCUT2D eigenvalue weighted by atomic mass is 31.0. The first kappa shape index (κ1) is 14.1. The maximum atomic E-state index is 3.67. The van der Waals surface area contributed by atoms with Gasteiger partial charge in [-0.15, -0.1) is 0 Å². The Bertz CT molecular complexity index is 252. The van der Waals surface area contributed by atoms with Crippen LogP contribution in [0.2, 0.25) is 0 Å². The largest absolute Gasteiger partial charge is 0.351 e. The molecule has 3 aromatic heterocycles. The van der Waals surface area contributed by atoms with Gasteiger partial charge in [0.05, 0.1) is 19.0 Å². The second-order valence-electron chi connectivity index (χ2n) is 2.28. The fourth-order valence-corrected chi connectivity index (χ4v) is 0.645. The van der Waals surface area contributed by atoms with E-state index in [0.717, 1.165) is 0 Å². The Hall–Kier alpha value is -1.94. The molecule has 0 spiro atoms.